The summed E-state index contributed by atoms with van der Waals surface area (Å²) in [4.78, 5) is 0. The lowest BCUT2D eigenvalue weighted by atomic mass is 10.2. The summed E-state index contributed by atoms with van der Waals surface area (Å²) in [6, 6.07) is 11.1. The SMILES string of the molecule is CNCc1cn(Cc2ccn(C(C)C)n2)c2ccccc12. The van der Waals surface area contributed by atoms with Crippen LogP contribution in [0.1, 0.15) is 31.1 Å². The fraction of sp³-hybridized carbons (Fsp3) is 0.353. The Morgan fingerprint density at radius 3 is 2.71 bits per heavy atom. The first-order chi connectivity index (χ1) is 10.2. The second-order valence-corrected chi connectivity index (χ2v) is 5.71. The van der Waals surface area contributed by atoms with Gasteiger partial charge in [0.2, 0.25) is 0 Å². The van der Waals surface area contributed by atoms with Crippen LogP contribution in [-0.2, 0) is 13.1 Å². The highest BCUT2D eigenvalue weighted by atomic mass is 15.3. The minimum atomic E-state index is 0.403. The highest BCUT2D eigenvalue weighted by Crippen LogP contribution is 2.22. The fourth-order valence-electron chi connectivity index (χ4n) is 2.71. The van der Waals surface area contributed by atoms with Gasteiger partial charge in [0.05, 0.1) is 12.2 Å². The lowest BCUT2D eigenvalue weighted by Gasteiger charge is -2.05. The molecule has 0 bridgehead atoms. The van der Waals surface area contributed by atoms with Crippen molar-refractivity contribution in [3.05, 3.63) is 54.0 Å². The molecule has 3 rings (SSSR count). The zero-order chi connectivity index (χ0) is 14.8. The molecular formula is C17H22N4. The summed E-state index contributed by atoms with van der Waals surface area (Å²) in [6.45, 7) is 5.98. The Morgan fingerprint density at radius 2 is 2.00 bits per heavy atom. The van der Waals surface area contributed by atoms with E-state index in [2.05, 4.69) is 71.6 Å². The van der Waals surface area contributed by atoms with E-state index in [1.165, 1.54) is 16.5 Å². The lowest BCUT2D eigenvalue weighted by Crippen LogP contribution is -2.05. The molecule has 0 atom stereocenters. The topological polar surface area (TPSA) is 34.8 Å². The van der Waals surface area contributed by atoms with Crippen molar-refractivity contribution < 1.29 is 0 Å². The number of hydrogen-bond donors (Lipinski definition) is 1. The second kappa shape index (κ2) is 5.74. The van der Waals surface area contributed by atoms with Gasteiger partial charge in [-0.2, -0.15) is 5.10 Å². The third kappa shape index (κ3) is 2.72. The molecule has 2 heterocycles. The summed E-state index contributed by atoms with van der Waals surface area (Å²) in [7, 11) is 1.98. The molecule has 4 nitrogen and oxygen atoms in total. The maximum absolute atomic E-state index is 4.65. The number of aromatic nitrogens is 3. The first-order valence-electron chi connectivity index (χ1n) is 7.44. The summed E-state index contributed by atoms with van der Waals surface area (Å²) >= 11 is 0. The number of nitrogens with one attached hydrogen (secondary N) is 1. The van der Waals surface area contributed by atoms with Crippen LogP contribution in [0.3, 0.4) is 0 Å². The summed E-state index contributed by atoms with van der Waals surface area (Å²) in [5.41, 5.74) is 3.69. The van der Waals surface area contributed by atoms with E-state index in [1.807, 2.05) is 11.7 Å². The van der Waals surface area contributed by atoms with Crippen molar-refractivity contribution in [2.45, 2.75) is 33.0 Å². The van der Waals surface area contributed by atoms with Crippen LogP contribution in [0.2, 0.25) is 0 Å². The van der Waals surface area contributed by atoms with Gasteiger partial charge in [0, 0.05) is 35.9 Å². The van der Waals surface area contributed by atoms with Gasteiger partial charge in [-0.15, -0.1) is 0 Å². The monoisotopic (exact) mass is 282 g/mol. The van der Waals surface area contributed by atoms with Crippen LogP contribution in [0.4, 0.5) is 0 Å². The number of benzene rings is 1. The van der Waals surface area contributed by atoms with Crippen molar-refractivity contribution in [3.8, 4) is 0 Å². The van der Waals surface area contributed by atoms with E-state index in [9.17, 15) is 0 Å². The van der Waals surface area contributed by atoms with E-state index in [0.717, 1.165) is 18.8 Å². The third-order valence-corrected chi connectivity index (χ3v) is 3.76. The molecule has 2 aromatic heterocycles. The van der Waals surface area contributed by atoms with E-state index in [4.69, 9.17) is 0 Å². The zero-order valence-electron chi connectivity index (χ0n) is 12.9. The van der Waals surface area contributed by atoms with E-state index in [-0.39, 0.29) is 0 Å². The molecular weight excluding hydrogens is 260 g/mol. The Bertz CT molecular complexity index is 736. The van der Waals surface area contributed by atoms with Crippen LogP contribution >= 0.6 is 0 Å². The third-order valence-electron chi connectivity index (χ3n) is 3.76. The Balaban J connectivity index is 1.96. The summed E-state index contributed by atoms with van der Waals surface area (Å²) in [5.74, 6) is 0. The Hall–Kier alpha value is -2.07. The van der Waals surface area contributed by atoms with Gasteiger partial charge in [0.25, 0.3) is 0 Å². The predicted molar refractivity (Wildman–Crippen MR) is 86.4 cm³/mol. The molecule has 0 saturated heterocycles. The first kappa shape index (κ1) is 13.9. The van der Waals surface area contributed by atoms with Crippen molar-refractivity contribution in [2.75, 3.05) is 7.05 Å². The van der Waals surface area contributed by atoms with Gasteiger partial charge >= 0.3 is 0 Å². The quantitative estimate of drug-likeness (QED) is 0.780. The second-order valence-electron chi connectivity index (χ2n) is 5.71. The standard InChI is InChI=1S/C17H22N4/c1-13(2)21-9-8-15(19-21)12-20-11-14(10-18-3)16-6-4-5-7-17(16)20/h4-9,11,13,18H,10,12H2,1-3H3. The number of fused-ring (bicyclic) bond motifs is 1. The molecule has 0 fully saturated rings. The van der Waals surface area contributed by atoms with Gasteiger partial charge in [-0.3, -0.25) is 4.68 Å². The largest absolute Gasteiger partial charge is 0.341 e. The summed E-state index contributed by atoms with van der Waals surface area (Å²) < 4.78 is 4.30. The van der Waals surface area contributed by atoms with Crippen molar-refractivity contribution in [2.24, 2.45) is 0 Å². The maximum atomic E-state index is 4.65. The van der Waals surface area contributed by atoms with Gasteiger partial charge in [-0.25, -0.2) is 0 Å². The highest BCUT2D eigenvalue weighted by Gasteiger charge is 2.09. The van der Waals surface area contributed by atoms with Crippen LogP contribution in [0.25, 0.3) is 10.9 Å². The van der Waals surface area contributed by atoms with Crippen molar-refractivity contribution in [1.29, 1.82) is 0 Å². The van der Waals surface area contributed by atoms with Crippen molar-refractivity contribution in [1.82, 2.24) is 19.7 Å². The molecule has 0 aliphatic heterocycles. The first-order valence-corrected chi connectivity index (χ1v) is 7.44. The Morgan fingerprint density at radius 1 is 1.19 bits per heavy atom. The van der Waals surface area contributed by atoms with Crippen LogP contribution in [0.15, 0.2) is 42.7 Å². The number of rotatable bonds is 5. The average molecular weight is 282 g/mol. The minimum absolute atomic E-state index is 0.403. The molecule has 0 spiro atoms. The smallest absolute Gasteiger partial charge is 0.0821 e. The molecule has 0 unspecified atom stereocenters. The minimum Gasteiger partial charge on any atom is -0.341 e. The van der Waals surface area contributed by atoms with E-state index in [0.29, 0.717) is 6.04 Å². The normalized spacial score (nSPS) is 11.6. The van der Waals surface area contributed by atoms with Gasteiger partial charge < -0.3 is 9.88 Å². The van der Waals surface area contributed by atoms with Crippen molar-refractivity contribution in [3.63, 3.8) is 0 Å². The fourth-order valence-corrected chi connectivity index (χ4v) is 2.71. The van der Waals surface area contributed by atoms with Crippen LogP contribution in [-0.4, -0.2) is 21.4 Å². The molecule has 0 amide bonds. The lowest BCUT2D eigenvalue weighted by molar-refractivity contribution is 0.524. The molecule has 0 aliphatic rings. The Labute approximate surface area is 125 Å². The van der Waals surface area contributed by atoms with E-state index >= 15 is 0 Å². The summed E-state index contributed by atoms with van der Waals surface area (Å²) in [5, 5.41) is 9.20. The number of nitrogens with zero attached hydrogens (tertiary/aromatic N) is 3. The average Bonchev–Trinajstić information content (AvgIpc) is 3.07. The maximum Gasteiger partial charge on any atom is 0.0821 e. The van der Waals surface area contributed by atoms with Crippen LogP contribution in [0.5, 0.6) is 0 Å². The number of para-hydroxylation sites is 1. The van der Waals surface area contributed by atoms with Crippen molar-refractivity contribution >= 4 is 10.9 Å². The molecule has 4 heteroatoms. The van der Waals surface area contributed by atoms with E-state index in [1.54, 1.807) is 0 Å². The van der Waals surface area contributed by atoms with Gasteiger partial charge in [-0.1, -0.05) is 18.2 Å². The molecule has 0 saturated carbocycles. The highest BCUT2D eigenvalue weighted by molar-refractivity contribution is 5.84. The molecule has 21 heavy (non-hydrogen) atoms. The summed E-state index contributed by atoms with van der Waals surface area (Å²) in [6.07, 6.45) is 4.29. The van der Waals surface area contributed by atoms with Crippen LogP contribution < -0.4 is 5.32 Å². The Kier molecular flexibility index (Phi) is 3.80. The molecule has 110 valence electrons. The van der Waals surface area contributed by atoms with Gasteiger partial charge in [0.1, 0.15) is 0 Å². The molecule has 1 N–H and O–H groups in total. The van der Waals surface area contributed by atoms with Gasteiger partial charge in [-0.05, 0) is 38.6 Å². The van der Waals surface area contributed by atoms with Gasteiger partial charge in [0.15, 0.2) is 0 Å². The van der Waals surface area contributed by atoms with Crippen LogP contribution in [0, 0.1) is 0 Å². The molecule has 0 aliphatic carbocycles. The number of hydrogen-bond acceptors (Lipinski definition) is 2. The predicted octanol–water partition coefficient (Wildman–Crippen LogP) is 3.19. The van der Waals surface area contributed by atoms with E-state index < -0.39 is 0 Å². The molecule has 0 radical (unpaired) electrons. The molecule has 1 aromatic carbocycles. The molecule has 3 aromatic rings. The zero-order valence-corrected chi connectivity index (χ0v) is 12.9.